The van der Waals surface area contributed by atoms with E-state index >= 15 is 0 Å². The number of anilines is 1. The maximum absolute atomic E-state index is 12.8. The van der Waals surface area contributed by atoms with Crippen LogP contribution in [-0.4, -0.2) is 64.7 Å². The minimum Gasteiger partial charge on any atom is -0.497 e. The molecule has 1 aliphatic rings. The SMILES string of the molecule is COc1cccc(N2CCN(C(=O)c3ccc(-c4nn[nH]n4)cc3)CC2)c1. The van der Waals surface area contributed by atoms with Crippen molar-refractivity contribution in [1.29, 1.82) is 0 Å². The Hall–Kier alpha value is -3.42. The second-order valence-corrected chi connectivity index (χ2v) is 6.29. The number of amides is 1. The second kappa shape index (κ2) is 7.45. The molecular weight excluding hydrogens is 344 g/mol. The summed E-state index contributed by atoms with van der Waals surface area (Å²) in [4.78, 5) is 16.9. The lowest BCUT2D eigenvalue weighted by Gasteiger charge is -2.36. The summed E-state index contributed by atoms with van der Waals surface area (Å²) in [6.07, 6.45) is 0. The normalized spacial score (nSPS) is 14.3. The maximum Gasteiger partial charge on any atom is 0.253 e. The number of carbonyl (C=O) groups is 1. The van der Waals surface area contributed by atoms with Crippen LogP contribution in [0.15, 0.2) is 48.5 Å². The average molecular weight is 364 g/mol. The Labute approximate surface area is 156 Å². The van der Waals surface area contributed by atoms with Crippen LogP contribution >= 0.6 is 0 Å². The van der Waals surface area contributed by atoms with Gasteiger partial charge in [0.25, 0.3) is 5.91 Å². The summed E-state index contributed by atoms with van der Waals surface area (Å²) in [6.45, 7) is 2.95. The van der Waals surface area contributed by atoms with Crippen molar-refractivity contribution in [2.75, 3.05) is 38.2 Å². The van der Waals surface area contributed by atoms with Crippen molar-refractivity contribution >= 4 is 11.6 Å². The number of ether oxygens (including phenoxy) is 1. The summed E-state index contributed by atoms with van der Waals surface area (Å²) in [5.41, 5.74) is 2.60. The van der Waals surface area contributed by atoms with Crippen molar-refractivity contribution in [2.45, 2.75) is 0 Å². The van der Waals surface area contributed by atoms with Crippen molar-refractivity contribution in [3.05, 3.63) is 54.1 Å². The predicted molar refractivity (Wildman–Crippen MR) is 101 cm³/mol. The molecule has 1 fully saturated rings. The number of rotatable bonds is 4. The highest BCUT2D eigenvalue weighted by Crippen LogP contribution is 2.23. The van der Waals surface area contributed by atoms with E-state index in [0.29, 0.717) is 24.5 Å². The lowest BCUT2D eigenvalue weighted by molar-refractivity contribution is 0.0747. The molecule has 1 amide bonds. The number of aromatic nitrogens is 4. The van der Waals surface area contributed by atoms with Gasteiger partial charge in [-0.1, -0.05) is 18.2 Å². The van der Waals surface area contributed by atoms with Gasteiger partial charge in [0.2, 0.25) is 5.82 Å². The van der Waals surface area contributed by atoms with E-state index in [4.69, 9.17) is 4.74 Å². The van der Waals surface area contributed by atoms with Gasteiger partial charge in [-0.25, -0.2) is 0 Å². The minimum atomic E-state index is 0.0416. The molecule has 138 valence electrons. The Morgan fingerprint density at radius 3 is 2.52 bits per heavy atom. The van der Waals surface area contributed by atoms with Gasteiger partial charge in [0.15, 0.2) is 0 Å². The molecule has 0 bridgehead atoms. The first-order valence-electron chi connectivity index (χ1n) is 8.77. The zero-order chi connectivity index (χ0) is 18.6. The molecular formula is C19H20N6O2. The number of aromatic amines is 1. The predicted octanol–water partition coefficient (Wildman–Crippen LogP) is 1.84. The third-order valence-electron chi connectivity index (χ3n) is 4.72. The number of tetrazole rings is 1. The van der Waals surface area contributed by atoms with Crippen molar-refractivity contribution in [2.24, 2.45) is 0 Å². The largest absolute Gasteiger partial charge is 0.497 e. The van der Waals surface area contributed by atoms with E-state index in [-0.39, 0.29) is 5.91 Å². The summed E-state index contributed by atoms with van der Waals surface area (Å²) >= 11 is 0. The number of piperazine rings is 1. The first kappa shape index (κ1) is 17.0. The van der Waals surface area contributed by atoms with Gasteiger partial charge < -0.3 is 14.5 Å². The molecule has 27 heavy (non-hydrogen) atoms. The second-order valence-electron chi connectivity index (χ2n) is 6.29. The summed E-state index contributed by atoms with van der Waals surface area (Å²) in [5.74, 6) is 1.40. The number of hydrogen-bond donors (Lipinski definition) is 1. The molecule has 1 aromatic heterocycles. The molecule has 8 nitrogen and oxygen atoms in total. The Bertz CT molecular complexity index is 902. The Morgan fingerprint density at radius 1 is 1.07 bits per heavy atom. The average Bonchev–Trinajstić information content (AvgIpc) is 3.28. The topological polar surface area (TPSA) is 87.2 Å². The summed E-state index contributed by atoms with van der Waals surface area (Å²) in [6, 6.07) is 15.3. The van der Waals surface area contributed by atoms with E-state index in [1.807, 2.05) is 47.4 Å². The third-order valence-corrected chi connectivity index (χ3v) is 4.72. The smallest absolute Gasteiger partial charge is 0.253 e. The molecule has 0 unspecified atom stereocenters. The monoisotopic (exact) mass is 364 g/mol. The highest BCUT2D eigenvalue weighted by Gasteiger charge is 2.22. The molecule has 0 radical (unpaired) electrons. The number of carbonyl (C=O) groups excluding carboxylic acids is 1. The number of benzene rings is 2. The molecule has 0 saturated carbocycles. The Morgan fingerprint density at radius 2 is 1.85 bits per heavy atom. The van der Waals surface area contributed by atoms with Gasteiger partial charge in [0.1, 0.15) is 5.75 Å². The van der Waals surface area contributed by atoms with E-state index < -0.39 is 0 Å². The van der Waals surface area contributed by atoms with Gasteiger partial charge in [-0.2, -0.15) is 5.21 Å². The fraction of sp³-hybridized carbons (Fsp3) is 0.263. The number of hydrogen-bond acceptors (Lipinski definition) is 6. The van der Waals surface area contributed by atoms with Crippen molar-refractivity contribution < 1.29 is 9.53 Å². The zero-order valence-electron chi connectivity index (χ0n) is 15.0. The summed E-state index contributed by atoms with van der Waals surface area (Å²) in [5, 5.41) is 13.9. The molecule has 0 spiro atoms. The molecule has 4 rings (SSSR count). The van der Waals surface area contributed by atoms with Crippen LogP contribution in [0, 0.1) is 0 Å². The van der Waals surface area contributed by atoms with Gasteiger partial charge in [-0.15, -0.1) is 10.2 Å². The lowest BCUT2D eigenvalue weighted by Crippen LogP contribution is -2.48. The molecule has 2 aromatic carbocycles. The van der Waals surface area contributed by atoms with Gasteiger partial charge in [0, 0.05) is 49.1 Å². The van der Waals surface area contributed by atoms with Crippen molar-refractivity contribution in [3.63, 3.8) is 0 Å². The molecule has 0 aliphatic carbocycles. The molecule has 1 saturated heterocycles. The van der Waals surface area contributed by atoms with Crippen LogP contribution in [0.4, 0.5) is 5.69 Å². The number of methoxy groups -OCH3 is 1. The third kappa shape index (κ3) is 3.59. The standard InChI is InChI=1S/C19H20N6O2/c1-27-17-4-2-3-16(13-17)24-9-11-25(12-10-24)19(26)15-7-5-14(6-8-15)18-20-22-23-21-18/h2-8,13H,9-12H2,1H3,(H,20,21,22,23). The van der Waals surface area contributed by atoms with Crippen LogP contribution in [0.5, 0.6) is 5.75 Å². The van der Waals surface area contributed by atoms with Crippen molar-refractivity contribution in [1.82, 2.24) is 25.5 Å². The lowest BCUT2D eigenvalue weighted by atomic mass is 10.1. The molecule has 3 aromatic rings. The quantitative estimate of drug-likeness (QED) is 0.760. The Kier molecular flexibility index (Phi) is 4.69. The number of H-pyrrole nitrogens is 1. The maximum atomic E-state index is 12.8. The molecule has 8 heteroatoms. The van der Waals surface area contributed by atoms with Gasteiger partial charge in [-0.05, 0) is 29.5 Å². The van der Waals surface area contributed by atoms with E-state index in [9.17, 15) is 4.79 Å². The van der Waals surface area contributed by atoms with Crippen molar-refractivity contribution in [3.8, 4) is 17.1 Å². The van der Waals surface area contributed by atoms with E-state index in [0.717, 1.165) is 30.1 Å². The molecule has 0 atom stereocenters. The van der Waals surface area contributed by atoms with Gasteiger partial charge >= 0.3 is 0 Å². The molecule has 1 N–H and O–H groups in total. The number of nitrogens with one attached hydrogen (secondary N) is 1. The first-order valence-corrected chi connectivity index (χ1v) is 8.77. The summed E-state index contributed by atoms with van der Waals surface area (Å²) < 4.78 is 5.29. The molecule has 1 aliphatic heterocycles. The highest BCUT2D eigenvalue weighted by atomic mass is 16.5. The minimum absolute atomic E-state index is 0.0416. The summed E-state index contributed by atoms with van der Waals surface area (Å²) in [7, 11) is 1.67. The fourth-order valence-corrected chi connectivity index (χ4v) is 3.20. The molecule has 2 heterocycles. The van der Waals surface area contributed by atoms with E-state index in [2.05, 4.69) is 31.6 Å². The van der Waals surface area contributed by atoms with Crippen LogP contribution in [-0.2, 0) is 0 Å². The van der Waals surface area contributed by atoms with Crippen LogP contribution in [0.1, 0.15) is 10.4 Å². The van der Waals surface area contributed by atoms with Crippen LogP contribution < -0.4 is 9.64 Å². The first-order chi connectivity index (χ1) is 13.2. The highest BCUT2D eigenvalue weighted by molar-refractivity contribution is 5.94. The Balaban J connectivity index is 1.39. The fourth-order valence-electron chi connectivity index (χ4n) is 3.20. The van der Waals surface area contributed by atoms with Crippen LogP contribution in [0.25, 0.3) is 11.4 Å². The van der Waals surface area contributed by atoms with Crippen LogP contribution in [0.2, 0.25) is 0 Å². The van der Waals surface area contributed by atoms with E-state index in [1.165, 1.54) is 0 Å². The van der Waals surface area contributed by atoms with Gasteiger partial charge in [-0.3, -0.25) is 4.79 Å². The van der Waals surface area contributed by atoms with Gasteiger partial charge in [0.05, 0.1) is 7.11 Å². The van der Waals surface area contributed by atoms with Crippen LogP contribution in [0.3, 0.4) is 0 Å². The zero-order valence-corrected chi connectivity index (χ0v) is 15.0. The number of nitrogens with zero attached hydrogens (tertiary/aromatic N) is 5. The van der Waals surface area contributed by atoms with E-state index in [1.54, 1.807) is 7.11 Å².